The molecule has 23 heavy (non-hydrogen) atoms. The molecule has 1 saturated carbocycles. The highest BCUT2D eigenvalue weighted by Crippen LogP contribution is 2.49. The first kappa shape index (κ1) is 16.1. The van der Waals surface area contributed by atoms with E-state index in [1.807, 2.05) is 0 Å². The Bertz CT molecular complexity index is 801. The van der Waals surface area contributed by atoms with Crippen molar-refractivity contribution in [1.29, 1.82) is 0 Å². The van der Waals surface area contributed by atoms with Gasteiger partial charge < -0.3 is 9.84 Å². The molecule has 0 bridgehead atoms. The van der Waals surface area contributed by atoms with Gasteiger partial charge in [-0.15, -0.1) is 0 Å². The molecule has 0 amide bonds. The summed E-state index contributed by atoms with van der Waals surface area (Å²) in [7, 11) is 0. The normalized spacial score (nSPS) is 15.3. The van der Waals surface area contributed by atoms with Crippen LogP contribution in [0.2, 0.25) is 10.0 Å². The maximum Gasteiger partial charge on any atom is 0.337 e. The lowest BCUT2D eigenvalue weighted by Gasteiger charge is -2.14. The summed E-state index contributed by atoms with van der Waals surface area (Å²) in [6, 6.07) is 7.11. The van der Waals surface area contributed by atoms with Crippen LogP contribution in [0.1, 0.15) is 35.7 Å². The minimum atomic E-state index is -1.19. The zero-order chi connectivity index (χ0) is 16.8. The number of rotatable bonds is 4. The Morgan fingerprint density at radius 1 is 1.26 bits per heavy atom. The number of halogens is 3. The molecule has 2 aromatic rings. The lowest BCUT2D eigenvalue weighted by molar-refractivity contribution is 0.0696. The average Bonchev–Trinajstić information content (AvgIpc) is 3.22. The fraction of sp³-hybridized carbons (Fsp3) is 0.235. The van der Waals surface area contributed by atoms with Gasteiger partial charge in [0.25, 0.3) is 0 Å². The lowest BCUT2D eigenvalue weighted by Crippen LogP contribution is -2.02. The van der Waals surface area contributed by atoms with Gasteiger partial charge in [0, 0.05) is 6.07 Å². The molecule has 1 fully saturated rings. The van der Waals surface area contributed by atoms with E-state index in [-0.39, 0.29) is 32.5 Å². The smallest absolute Gasteiger partial charge is 0.337 e. The number of carboxylic acids is 1. The van der Waals surface area contributed by atoms with Crippen LogP contribution in [0, 0.1) is 5.82 Å². The highest BCUT2D eigenvalue weighted by Gasteiger charge is 2.39. The van der Waals surface area contributed by atoms with Crippen molar-refractivity contribution in [2.45, 2.75) is 25.2 Å². The molecule has 0 unspecified atom stereocenters. The zero-order valence-electron chi connectivity index (χ0n) is 12.2. The maximum atomic E-state index is 13.9. The van der Waals surface area contributed by atoms with E-state index in [2.05, 4.69) is 6.92 Å². The molecule has 0 saturated heterocycles. The zero-order valence-corrected chi connectivity index (χ0v) is 13.7. The van der Waals surface area contributed by atoms with Gasteiger partial charge in [-0.1, -0.05) is 30.1 Å². The van der Waals surface area contributed by atoms with Gasteiger partial charge in [0.2, 0.25) is 0 Å². The minimum Gasteiger partial charge on any atom is -0.478 e. The van der Waals surface area contributed by atoms with E-state index in [0.29, 0.717) is 0 Å². The van der Waals surface area contributed by atoms with Crippen LogP contribution in [0.3, 0.4) is 0 Å². The van der Waals surface area contributed by atoms with Crippen molar-refractivity contribution in [3.63, 3.8) is 0 Å². The van der Waals surface area contributed by atoms with Gasteiger partial charge in [-0.25, -0.2) is 9.18 Å². The van der Waals surface area contributed by atoms with Gasteiger partial charge in [0.15, 0.2) is 5.75 Å². The van der Waals surface area contributed by atoms with Crippen LogP contribution in [0.5, 0.6) is 11.5 Å². The summed E-state index contributed by atoms with van der Waals surface area (Å²) in [6.07, 6.45) is 1.98. The van der Waals surface area contributed by atoms with E-state index in [1.165, 1.54) is 24.3 Å². The van der Waals surface area contributed by atoms with E-state index in [9.17, 15) is 9.18 Å². The quantitative estimate of drug-likeness (QED) is 0.768. The molecule has 3 rings (SSSR count). The van der Waals surface area contributed by atoms with Crippen LogP contribution < -0.4 is 4.74 Å². The van der Waals surface area contributed by atoms with Crippen LogP contribution >= 0.6 is 23.2 Å². The Morgan fingerprint density at radius 2 is 1.96 bits per heavy atom. The maximum absolute atomic E-state index is 13.9. The SMILES string of the molecule is CC1(c2cc(F)cc(Oc3c(Cl)ccc(C(=O)O)c3Cl)c2)CC1. The van der Waals surface area contributed by atoms with Crippen molar-refractivity contribution < 1.29 is 19.0 Å². The summed E-state index contributed by atoms with van der Waals surface area (Å²) in [5.41, 5.74) is 0.683. The van der Waals surface area contributed by atoms with Crippen LogP contribution in [-0.2, 0) is 5.41 Å². The van der Waals surface area contributed by atoms with Crippen molar-refractivity contribution >= 4 is 29.2 Å². The van der Waals surface area contributed by atoms with Crippen molar-refractivity contribution in [1.82, 2.24) is 0 Å². The highest BCUT2D eigenvalue weighted by molar-refractivity contribution is 6.39. The van der Waals surface area contributed by atoms with Gasteiger partial charge in [-0.3, -0.25) is 0 Å². The third-order valence-corrected chi connectivity index (χ3v) is 4.74. The summed E-state index contributed by atoms with van der Waals surface area (Å²) in [5, 5.41) is 9.15. The van der Waals surface area contributed by atoms with Crippen molar-refractivity contribution in [2.24, 2.45) is 0 Å². The Labute approximate surface area is 142 Å². The fourth-order valence-corrected chi connectivity index (χ4v) is 2.88. The fourth-order valence-electron chi connectivity index (χ4n) is 2.36. The average molecular weight is 355 g/mol. The summed E-state index contributed by atoms with van der Waals surface area (Å²) in [6.45, 7) is 2.05. The molecule has 2 aromatic carbocycles. The number of hydrogen-bond acceptors (Lipinski definition) is 2. The third-order valence-electron chi connectivity index (χ3n) is 4.07. The predicted octanol–water partition coefficient (Wildman–Crippen LogP) is 5.67. The molecule has 6 heteroatoms. The topological polar surface area (TPSA) is 46.5 Å². The molecule has 120 valence electrons. The Balaban J connectivity index is 2.01. The summed E-state index contributed by atoms with van der Waals surface area (Å²) in [4.78, 5) is 11.1. The Hall–Kier alpha value is -1.78. The first-order chi connectivity index (χ1) is 10.8. The molecule has 0 heterocycles. The Kier molecular flexibility index (Phi) is 3.98. The van der Waals surface area contributed by atoms with E-state index in [0.717, 1.165) is 18.4 Å². The number of carboxylic acid groups (broad SMARTS) is 1. The van der Waals surface area contributed by atoms with Gasteiger partial charge in [-0.2, -0.15) is 0 Å². The minimum absolute atomic E-state index is 0.00531. The molecule has 0 radical (unpaired) electrons. The van der Waals surface area contributed by atoms with Crippen molar-refractivity contribution in [2.75, 3.05) is 0 Å². The second-order valence-corrected chi connectivity index (χ2v) is 6.67. The van der Waals surface area contributed by atoms with E-state index in [1.54, 1.807) is 6.07 Å². The third kappa shape index (κ3) is 3.14. The molecule has 1 N–H and O–H groups in total. The standard InChI is InChI=1S/C17H13Cl2FO3/c1-17(4-5-17)9-6-10(20)8-11(7-9)23-15-13(18)3-2-12(14(15)19)16(21)22/h2-3,6-8H,4-5H2,1H3,(H,21,22). The number of hydrogen-bond donors (Lipinski definition) is 1. The first-order valence-corrected chi connectivity index (χ1v) is 7.76. The molecule has 0 aliphatic heterocycles. The Morgan fingerprint density at radius 3 is 2.57 bits per heavy atom. The van der Waals surface area contributed by atoms with Gasteiger partial charge >= 0.3 is 5.97 Å². The molecule has 1 aliphatic carbocycles. The number of ether oxygens (including phenoxy) is 1. The summed E-state index contributed by atoms with van der Waals surface area (Å²) in [5.74, 6) is -1.38. The van der Waals surface area contributed by atoms with Crippen LogP contribution in [0.25, 0.3) is 0 Å². The first-order valence-electron chi connectivity index (χ1n) is 7.00. The van der Waals surface area contributed by atoms with Crippen LogP contribution in [0.15, 0.2) is 30.3 Å². The van der Waals surface area contributed by atoms with Crippen LogP contribution in [-0.4, -0.2) is 11.1 Å². The van der Waals surface area contributed by atoms with Gasteiger partial charge in [0.1, 0.15) is 11.6 Å². The van der Waals surface area contributed by atoms with Crippen molar-refractivity contribution in [3.8, 4) is 11.5 Å². The molecule has 3 nitrogen and oxygen atoms in total. The molecule has 0 spiro atoms. The molecular weight excluding hydrogens is 342 g/mol. The summed E-state index contributed by atoms with van der Waals surface area (Å²) < 4.78 is 19.5. The van der Waals surface area contributed by atoms with Crippen molar-refractivity contribution in [3.05, 3.63) is 57.3 Å². The second kappa shape index (κ2) is 5.69. The molecule has 1 aliphatic rings. The molecule has 0 aromatic heterocycles. The summed E-state index contributed by atoms with van der Waals surface area (Å²) >= 11 is 12.1. The van der Waals surface area contributed by atoms with Gasteiger partial charge in [0.05, 0.1) is 15.6 Å². The molecular formula is C17H13Cl2FO3. The number of benzene rings is 2. The van der Waals surface area contributed by atoms with E-state index >= 15 is 0 Å². The van der Waals surface area contributed by atoms with Gasteiger partial charge in [-0.05, 0) is 48.1 Å². The largest absolute Gasteiger partial charge is 0.478 e. The number of aromatic carboxylic acids is 1. The highest BCUT2D eigenvalue weighted by atomic mass is 35.5. The predicted molar refractivity (Wildman–Crippen MR) is 86.5 cm³/mol. The molecule has 0 atom stereocenters. The van der Waals surface area contributed by atoms with E-state index < -0.39 is 11.8 Å². The van der Waals surface area contributed by atoms with Crippen LogP contribution in [0.4, 0.5) is 4.39 Å². The monoisotopic (exact) mass is 354 g/mol. The number of carbonyl (C=O) groups is 1. The lowest BCUT2D eigenvalue weighted by atomic mass is 9.98. The second-order valence-electron chi connectivity index (χ2n) is 5.88. The van der Waals surface area contributed by atoms with E-state index in [4.69, 9.17) is 33.0 Å².